The Hall–Kier alpha value is -2.70. The number of hydrogen-bond acceptors (Lipinski definition) is 5. The minimum absolute atomic E-state index is 0.0149. The van der Waals surface area contributed by atoms with Crippen LogP contribution in [0, 0.1) is 22.7 Å². The molecule has 0 radical (unpaired) electrons. The third-order valence-corrected chi connectivity index (χ3v) is 10.4. The second kappa shape index (κ2) is 13.6. The standard InChI is InChI=1S/C35H26Br2Cl3NO4/c1-2-45-33(43)34(19-41)28(27-16-15-26(39)17-29(27)40)18-35(44,22-7-11-24(37)12-8-22)31(30(34)20-5-13-25(38)14-6-20)32(42)21-3-9-23(36)10-4-21/h3-17,28,30-31,44H,2,18H2,1H3/t28-,30+,31+,34+,35-/m0/s1. The molecule has 0 aromatic heterocycles. The van der Waals surface area contributed by atoms with E-state index in [0.717, 1.165) is 8.95 Å². The van der Waals surface area contributed by atoms with Gasteiger partial charge in [-0.2, -0.15) is 5.26 Å². The van der Waals surface area contributed by atoms with Crippen molar-refractivity contribution in [3.63, 3.8) is 0 Å². The van der Waals surface area contributed by atoms with E-state index in [0.29, 0.717) is 32.3 Å². The molecule has 1 aliphatic carbocycles. The van der Waals surface area contributed by atoms with Crippen LogP contribution in [0.5, 0.6) is 0 Å². The molecule has 0 bridgehead atoms. The van der Waals surface area contributed by atoms with Crippen LogP contribution in [0.25, 0.3) is 0 Å². The number of hydrogen-bond donors (Lipinski definition) is 1. The highest BCUT2D eigenvalue weighted by atomic mass is 79.9. The molecule has 1 aliphatic rings. The summed E-state index contributed by atoms with van der Waals surface area (Å²) in [6.45, 7) is 1.63. The van der Waals surface area contributed by atoms with Crippen LogP contribution in [0.4, 0.5) is 0 Å². The van der Waals surface area contributed by atoms with E-state index < -0.39 is 40.5 Å². The Morgan fingerprint density at radius 1 is 0.911 bits per heavy atom. The summed E-state index contributed by atoms with van der Waals surface area (Å²) >= 11 is 26.2. The van der Waals surface area contributed by atoms with Gasteiger partial charge < -0.3 is 9.84 Å². The zero-order valence-corrected chi connectivity index (χ0v) is 29.3. The Labute approximate surface area is 293 Å². The highest BCUT2D eigenvalue weighted by Crippen LogP contribution is 2.64. The number of halogens is 5. The van der Waals surface area contributed by atoms with E-state index >= 15 is 0 Å². The molecule has 0 amide bonds. The molecule has 10 heteroatoms. The van der Waals surface area contributed by atoms with Crippen LogP contribution in [-0.2, 0) is 15.1 Å². The van der Waals surface area contributed by atoms with Gasteiger partial charge in [-0.1, -0.05) is 109 Å². The van der Waals surface area contributed by atoms with Gasteiger partial charge in [0.25, 0.3) is 0 Å². The van der Waals surface area contributed by atoms with Gasteiger partial charge in [0.2, 0.25) is 0 Å². The summed E-state index contributed by atoms with van der Waals surface area (Å²) in [6.07, 6.45) is -0.209. The summed E-state index contributed by atoms with van der Waals surface area (Å²) in [5.41, 5.74) is -2.30. The fourth-order valence-electron chi connectivity index (χ4n) is 6.53. The fourth-order valence-corrected chi connectivity index (χ4v) is 7.72. The topological polar surface area (TPSA) is 87.4 Å². The average molecular weight is 791 g/mol. The third kappa shape index (κ3) is 6.22. The molecule has 0 unspecified atom stereocenters. The third-order valence-electron chi connectivity index (χ3n) is 8.52. The van der Waals surface area contributed by atoms with E-state index in [1.807, 2.05) is 0 Å². The average Bonchev–Trinajstić information content (AvgIpc) is 3.01. The van der Waals surface area contributed by atoms with Crippen molar-refractivity contribution in [2.45, 2.75) is 30.8 Å². The van der Waals surface area contributed by atoms with Gasteiger partial charge in [0.05, 0.1) is 18.6 Å². The van der Waals surface area contributed by atoms with E-state index in [-0.39, 0.29) is 18.1 Å². The van der Waals surface area contributed by atoms with Crippen molar-refractivity contribution in [2.24, 2.45) is 11.3 Å². The summed E-state index contributed by atoms with van der Waals surface area (Å²) in [4.78, 5) is 29.2. The molecule has 45 heavy (non-hydrogen) atoms. The molecule has 5 atom stereocenters. The van der Waals surface area contributed by atoms with Gasteiger partial charge in [-0.25, -0.2) is 0 Å². The van der Waals surface area contributed by atoms with Crippen molar-refractivity contribution in [3.05, 3.63) is 137 Å². The maximum absolute atomic E-state index is 14.8. The first kappa shape index (κ1) is 33.7. The van der Waals surface area contributed by atoms with E-state index in [2.05, 4.69) is 37.9 Å². The SMILES string of the molecule is CCOC(=O)[C@@]1(C#N)[C@H](c2ccc(Cl)cc2)[C@H](C(=O)c2ccc(Br)cc2)[C@@](O)(c2ccc(Br)cc2)C[C@H]1c1ccc(Cl)cc1Cl. The second-order valence-corrected chi connectivity index (χ2v) is 14.0. The lowest BCUT2D eigenvalue weighted by molar-refractivity contribution is -0.164. The minimum Gasteiger partial charge on any atom is -0.465 e. The van der Waals surface area contributed by atoms with E-state index in [1.54, 1.807) is 91.9 Å². The molecule has 5 rings (SSSR count). The molecule has 4 aromatic rings. The summed E-state index contributed by atoms with van der Waals surface area (Å²) in [5, 5.41) is 25.3. The number of carbonyl (C=O) groups is 2. The first-order valence-corrected chi connectivity index (χ1v) is 16.7. The Bertz CT molecular complexity index is 1780. The monoisotopic (exact) mass is 787 g/mol. The van der Waals surface area contributed by atoms with Gasteiger partial charge in [-0.05, 0) is 78.6 Å². The second-order valence-electron chi connectivity index (χ2n) is 10.9. The minimum atomic E-state index is -2.02. The van der Waals surface area contributed by atoms with Crippen LogP contribution in [-0.4, -0.2) is 23.5 Å². The van der Waals surface area contributed by atoms with Crippen LogP contribution >= 0.6 is 66.7 Å². The predicted octanol–water partition coefficient (Wildman–Crippen LogP) is 9.90. The van der Waals surface area contributed by atoms with Crippen molar-refractivity contribution in [3.8, 4) is 6.07 Å². The molecule has 0 heterocycles. The maximum atomic E-state index is 14.8. The van der Waals surface area contributed by atoms with Gasteiger partial charge in [-0.3, -0.25) is 9.59 Å². The molecular weight excluding hydrogens is 765 g/mol. The number of ether oxygens (including phenoxy) is 1. The smallest absolute Gasteiger partial charge is 0.327 e. The number of carbonyl (C=O) groups excluding carboxylic acids is 2. The van der Waals surface area contributed by atoms with Crippen LogP contribution in [0.15, 0.2) is 99.9 Å². The molecule has 0 spiro atoms. The van der Waals surface area contributed by atoms with Crippen molar-refractivity contribution < 1.29 is 19.4 Å². The van der Waals surface area contributed by atoms with E-state index in [9.17, 15) is 20.0 Å². The van der Waals surface area contributed by atoms with E-state index in [1.165, 1.54) is 6.07 Å². The summed E-state index contributed by atoms with van der Waals surface area (Å²) in [6, 6.07) is 27.5. The van der Waals surface area contributed by atoms with E-state index in [4.69, 9.17) is 39.5 Å². The van der Waals surface area contributed by atoms with Crippen LogP contribution in [0.3, 0.4) is 0 Å². The molecular formula is C35H26Br2Cl3NO4. The Kier molecular flexibility index (Phi) is 10.2. The van der Waals surface area contributed by atoms with Gasteiger partial charge in [0, 0.05) is 41.4 Å². The maximum Gasteiger partial charge on any atom is 0.327 e. The summed E-state index contributed by atoms with van der Waals surface area (Å²) in [7, 11) is 0. The number of rotatable bonds is 7. The van der Waals surface area contributed by atoms with Crippen LogP contribution in [0.2, 0.25) is 15.1 Å². The van der Waals surface area contributed by atoms with Gasteiger partial charge in [0.15, 0.2) is 11.2 Å². The first-order chi connectivity index (χ1) is 21.5. The Balaban J connectivity index is 1.91. The lowest BCUT2D eigenvalue weighted by atomic mass is 9.47. The summed E-state index contributed by atoms with van der Waals surface area (Å²) in [5.74, 6) is -4.84. The number of nitrogens with zero attached hydrogens (tertiary/aromatic N) is 1. The van der Waals surface area contributed by atoms with Crippen molar-refractivity contribution in [1.29, 1.82) is 5.26 Å². The molecule has 0 aliphatic heterocycles. The van der Waals surface area contributed by atoms with Gasteiger partial charge in [-0.15, -0.1) is 0 Å². The Morgan fingerprint density at radius 2 is 1.49 bits per heavy atom. The van der Waals surface area contributed by atoms with Crippen LogP contribution < -0.4 is 0 Å². The molecule has 1 saturated carbocycles. The lowest BCUT2D eigenvalue weighted by Crippen LogP contribution is -2.59. The fraction of sp³-hybridized carbons (Fsp3) is 0.229. The normalized spacial score (nSPS) is 24.4. The summed E-state index contributed by atoms with van der Waals surface area (Å²) < 4.78 is 7.17. The molecule has 230 valence electrons. The van der Waals surface area contributed by atoms with Crippen molar-refractivity contribution >= 4 is 78.4 Å². The number of aliphatic hydroxyl groups is 1. The van der Waals surface area contributed by atoms with Crippen molar-refractivity contribution in [1.82, 2.24) is 0 Å². The predicted molar refractivity (Wildman–Crippen MR) is 183 cm³/mol. The zero-order valence-electron chi connectivity index (χ0n) is 23.8. The number of nitriles is 1. The first-order valence-electron chi connectivity index (χ1n) is 14.0. The number of benzene rings is 4. The molecule has 0 saturated heterocycles. The van der Waals surface area contributed by atoms with Gasteiger partial charge in [0.1, 0.15) is 5.60 Å². The highest BCUT2D eigenvalue weighted by molar-refractivity contribution is 9.10. The van der Waals surface area contributed by atoms with Gasteiger partial charge >= 0.3 is 5.97 Å². The quantitative estimate of drug-likeness (QED) is 0.149. The molecule has 4 aromatic carbocycles. The zero-order chi connectivity index (χ0) is 32.5. The molecule has 1 fully saturated rings. The van der Waals surface area contributed by atoms with Crippen molar-refractivity contribution in [2.75, 3.05) is 6.61 Å². The number of esters is 1. The number of ketones is 1. The molecule has 5 nitrogen and oxygen atoms in total. The highest BCUT2D eigenvalue weighted by Gasteiger charge is 2.68. The largest absolute Gasteiger partial charge is 0.465 e. The molecule has 1 N–H and O–H groups in total. The lowest BCUT2D eigenvalue weighted by Gasteiger charge is -2.54. The Morgan fingerprint density at radius 3 is 2.04 bits per heavy atom. The van der Waals surface area contributed by atoms with Crippen LogP contribution in [0.1, 0.15) is 52.2 Å². The number of Topliss-reactive ketones (excluding diaryl/α,β-unsaturated/α-hetero) is 1.